The number of rotatable bonds is 4. The molecule has 4 unspecified atom stereocenters. The third-order valence-electron chi connectivity index (χ3n) is 3.69. The summed E-state index contributed by atoms with van der Waals surface area (Å²) in [6, 6.07) is 1.84. The molecule has 0 saturated carbocycles. The zero-order chi connectivity index (χ0) is 15.6. The maximum atomic E-state index is 3.81. The lowest BCUT2D eigenvalue weighted by atomic mass is 9.97. The van der Waals surface area contributed by atoms with Gasteiger partial charge in [-0.15, -0.1) is 0 Å². The first-order valence-corrected chi connectivity index (χ1v) is 8.00. The van der Waals surface area contributed by atoms with E-state index in [4.69, 9.17) is 0 Å². The molecule has 4 N–H and O–H groups in total. The van der Waals surface area contributed by atoms with Crippen LogP contribution in [0.1, 0.15) is 55.4 Å². The highest BCUT2D eigenvalue weighted by Crippen LogP contribution is 2.10. The van der Waals surface area contributed by atoms with Crippen LogP contribution >= 0.6 is 0 Å². The van der Waals surface area contributed by atoms with Crippen molar-refractivity contribution < 1.29 is 0 Å². The minimum absolute atomic E-state index is 0.156. The quantitative estimate of drug-likeness (QED) is 0.631. The van der Waals surface area contributed by atoms with Gasteiger partial charge in [0.05, 0.1) is 0 Å². The summed E-state index contributed by atoms with van der Waals surface area (Å²) in [5, 5.41) is 14.7. The molecule has 1 fully saturated rings. The first kappa shape index (κ1) is 17.9. The molecule has 4 heteroatoms. The van der Waals surface area contributed by atoms with Crippen molar-refractivity contribution in [1.82, 2.24) is 21.3 Å². The molecule has 0 aromatic carbocycles. The van der Waals surface area contributed by atoms with Crippen molar-refractivity contribution in [2.24, 2.45) is 0 Å². The average molecular weight is 284 g/mol. The average Bonchev–Trinajstić information content (AvgIpc) is 2.24. The fourth-order valence-electron chi connectivity index (χ4n) is 3.00. The highest BCUT2D eigenvalue weighted by molar-refractivity contribution is 4.96. The normalized spacial score (nSPS) is 28.2. The zero-order valence-electron chi connectivity index (χ0n) is 14.7. The van der Waals surface area contributed by atoms with Crippen molar-refractivity contribution in [3.63, 3.8) is 0 Å². The molecule has 120 valence electrons. The fourth-order valence-corrected chi connectivity index (χ4v) is 3.00. The smallest absolute Gasteiger partial charge is 0.0347 e. The molecule has 0 radical (unpaired) electrons. The van der Waals surface area contributed by atoms with Crippen LogP contribution in [0.4, 0.5) is 0 Å². The largest absolute Gasteiger partial charge is 0.314 e. The monoisotopic (exact) mass is 284 g/mol. The fraction of sp³-hybridized carbons (Fsp3) is 1.00. The van der Waals surface area contributed by atoms with Crippen LogP contribution in [0, 0.1) is 0 Å². The molecule has 20 heavy (non-hydrogen) atoms. The van der Waals surface area contributed by atoms with Crippen molar-refractivity contribution in [2.75, 3.05) is 13.1 Å². The van der Waals surface area contributed by atoms with Gasteiger partial charge in [0.15, 0.2) is 0 Å². The predicted molar refractivity (Wildman–Crippen MR) is 88.3 cm³/mol. The highest BCUT2D eigenvalue weighted by atomic mass is 15.2. The van der Waals surface area contributed by atoms with E-state index >= 15 is 0 Å². The van der Waals surface area contributed by atoms with Gasteiger partial charge in [0.25, 0.3) is 0 Å². The van der Waals surface area contributed by atoms with Gasteiger partial charge in [-0.1, -0.05) is 0 Å². The lowest BCUT2D eigenvalue weighted by Crippen LogP contribution is -2.67. The van der Waals surface area contributed by atoms with Crippen LogP contribution in [0.2, 0.25) is 0 Å². The molecule has 0 aromatic rings. The summed E-state index contributed by atoms with van der Waals surface area (Å²) in [6.45, 7) is 19.9. The maximum absolute atomic E-state index is 3.81. The van der Waals surface area contributed by atoms with E-state index in [1.54, 1.807) is 0 Å². The summed E-state index contributed by atoms with van der Waals surface area (Å²) in [4.78, 5) is 0. The highest BCUT2D eigenvalue weighted by Gasteiger charge is 2.30. The third-order valence-corrected chi connectivity index (χ3v) is 3.69. The van der Waals surface area contributed by atoms with Crippen LogP contribution < -0.4 is 21.3 Å². The Hall–Kier alpha value is -0.160. The summed E-state index contributed by atoms with van der Waals surface area (Å²) < 4.78 is 0. The van der Waals surface area contributed by atoms with E-state index < -0.39 is 0 Å². The topological polar surface area (TPSA) is 48.1 Å². The van der Waals surface area contributed by atoms with Crippen molar-refractivity contribution >= 4 is 0 Å². The molecular weight excluding hydrogens is 248 g/mol. The van der Waals surface area contributed by atoms with E-state index in [1.807, 2.05) is 0 Å². The summed E-state index contributed by atoms with van der Waals surface area (Å²) in [6.07, 6.45) is 0. The van der Waals surface area contributed by atoms with E-state index in [0.29, 0.717) is 24.2 Å². The van der Waals surface area contributed by atoms with Gasteiger partial charge in [0.2, 0.25) is 0 Å². The van der Waals surface area contributed by atoms with Crippen LogP contribution in [0.3, 0.4) is 0 Å². The molecule has 0 aromatic heterocycles. The minimum Gasteiger partial charge on any atom is -0.314 e. The second-order valence-corrected chi connectivity index (χ2v) is 8.40. The van der Waals surface area contributed by atoms with Crippen LogP contribution in [0.5, 0.6) is 0 Å². The van der Waals surface area contributed by atoms with Crippen LogP contribution in [-0.4, -0.2) is 48.3 Å². The van der Waals surface area contributed by atoms with Crippen molar-refractivity contribution in [3.8, 4) is 0 Å². The number of nitrogens with one attached hydrogen (secondary N) is 4. The van der Waals surface area contributed by atoms with Gasteiger partial charge in [-0.3, -0.25) is 0 Å². The Balaban J connectivity index is 2.54. The van der Waals surface area contributed by atoms with E-state index in [0.717, 1.165) is 13.1 Å². The second kappa shape index (κ2) is 6.73. The lowest BCUT2D eigenvalue weighted by molar-refractivity contribution is 0.216. The Kier molecular flexibility index (Phi) is 6.02. The Morgan fingerprint density at radius 2 is 1.15 bits per heavy atom. The molecule has 1 aliphatic rings. The van der Waals surface area contributed by atoms with Crippen LogP contribution in [0.25, 0.3) is 0 Å². The molecule has 1 heterocycles. The number of hydrogen-bond donors (Lipinski definition) is 4. The summed E-state index contributed by atoms with van der Waals surface area (Å²) in [5.74, 6) is 0. The maximum Gasteiger partial charge on any atom is 0.0347 e. The number of piperazine rings is 1. The van der Waals surface area contributed by atoms with E-state index in [2.05, 4.69) is 76.7 Å². The first-order valence-electron chi connectivity index (χ1n) is 8.00. The summed E-state index contributed by atoms with van der Waals surface area (Å²) in [5.41, 5.74) is 0.312. The second-order valence-electron chi connectivity index (χ2n) is 8.40. The predicted octanol–water partition coefficient (Wildman–Crippen LogP) is 1.47. The Bertz CT molecular complexity index is 262. The molecule has 4 nitrogen and oxygen atoms in total. The van der Waals surface area contributed by atoms with Gasteiger partial charge in [0.1, 0.15) is 0 Å². The van der Waals surface area contributed by atoms with Gasteiger partial charge < -0.3 is 21.3 Å². The van der Waals surface area contributed by atoms with Gasteiger partial charge in [0, 0.05) is 48.3 Å². The lowest BCUT2D eigenvalue weighted by Gasteiger charge is -2.41. The standard InChI is InChI=1S/C16H36N4/c1-11(19-15(3,4)5)13-9-17-10-14(18-13)12(2)20-16(6,7)8/h11-14,17-20H,9-10H2,1-8H3. The summed E-state index contributed by atoms with van der Waals surface area (Å²) in [7, 11) is 0. The third kappa shape index (κ3) is 6.53. The summed E-state index contributed by atoms with van der Waals surface area (Å²) >= 11 is 0. The van der Waals surface area contributed by atoms with Gasteiger partial charge in [-0.05, 0) is 55.4 Å². The van der Waals surface area contributed by atoms with Gasteiger partial charge >= 0.3 is 0 Å². The first-order chi connectivity index (χ1) is 8.98. The molecule has 1 aliphatic heterocycles. The van der Waals surface area contributed by atoms with Crippen molar-refractivity contribution in [1.29, 1.82) is 0 Å². The molecule has 1 saturated heterocycles. The molecule has 4 atom stereocenters. The molecule has 0 aliphatic carbocycles. The Labute approximate surface area is 125 Å². The zero-order valence-corrected chi connectivity index (χ0v) is 14.7. The Morgan fingerprint density at radius 3 is 1.45 bits per heavy atom. The number of hydrogen-bond acceptors (Lipinski definition) is 4. The molecule has 1 rings (SSSR count). The van der Waals surface area contributed by atoms with Crippen LogP contribution in [0.15, 0.2) is 0 Å². The minimum atomic E-state index is 0.156. The molecule has 0 bridgehead atoms. The van der Waals surface area contributed by atoms with E-state index in [-0.39, 0.29) is 11.1 Å². The van der Waals surface area contributed by atoms with Crippen molar-refractivity contribution in [2.45, 2.75) is 90.6 Å². The molecular formula is C16H36N4. The van der Waals surface area contributed by atoms with E-state index in [9.17, 15) is 0 Å². The van der Waals surface area contributed by atoms with Gasteiger partial charge in [-0.2, -0.15) is 0 Å². The molecule has 0 amide bonds. The van der Waals surface area contributed by atoms with Gasteiger partial charge in [-0.25, -0.2) is 0 Å². The van der Waals surface area contributed by atoms with Crippen molar-refractivity contribution in [3.05, 3.63) is 0 Å². The SMILES string of the molecule is CC(NC(C)(C)C)C1CNCC(C(C)NC(C)(C)C)N1. The Morgan fingerprint density at radius 1 is 0.800 bits per heavy atom. The van der Waals surface area contributed by atoms with E-state index in [1.165, 1.54) is 0 Å². The van der Waals surface area contributed by atoms with Crippen LogP contribution in [-0.2, 0) is 0 Å². The molecule has 0 spiro atoms.